The van der Waals surface area contributed by atoms with Gasteiger partial charge in [0.2, 0.25) is 0 Å². The third-order valence-electron chi connectivity index (χ3n) is 4.59. The second-order valence-electron chi connectivity index (χ2n) is 6.13. The van der Waals surface area contributed by atoms with Crippen LogP contribution in [0.25, 0.3) is 0 Å². The largest absolute Gasteiger partial charge is 0.478 e. The van der Waals surface area contributed by atoms with Crippen LogP contribution in [0.2, 0.25) is 0 Å². The number of benzene rings is 1. The Balaban J connectivity index is 2.31. The Morgan fingerprint density at radius 2 is 1.83 bits per heavy atom. The van der Waals surface area contributed by atoms with Crippen LogP contribution in [0.15, 0.2) is 18.2 Å². The second-order valence-corrected chi connectivity index (χ2v) is 6.13. The van der Waals surface area contributed by atoms with E-state index in [4.69, 9.17) is 10.8 Å². The van der Waals surface area contributed by atoms with Gasteiger partial charge >= 0.3 is 5.97 Å². The number of hydrogen-bond acceptors (Lipinski definition) is 3. The van der Waals surface area contributed by atoms with Gasteiger partial charge in [0, 0.05) is 11.7 Å². The van der Waals surface area contributed by atoms with Gasteiger partial charge in [-0.3, -0.25) is 0 Å². The fourth-order valence-corrected chi connectivity index (χ4v) is 2.58. The lowest BCUT2D eigenvalue weighted by Crippen LogP contribution is -2.13. The molecular formula is C14H20N2O2. The Morgan fingerprint density at radius 1 is 1.28 bits per heavy atom. The van der Waals surface area contributed by atoms with Gasteiger partial charge in [-0.2, -0.15) is 0 Å². The zero-order valence-electron chi connectivity index (χ0n) is 11.2. The first-order valence-electron chi connectivity index (χ1n) is 6.07. The molecule has 1 fully saturated rings. The molecular weight excluding hydrogens is 228 g/mol. The van der Waals surface area contributed by atoms with Crippen molar-refractivity contribution in [2.75, 3.05) is 11.1 Å². The third kappa shape index (κ3) is 1.72. The number of carboxylic acid groups (broad SMARTS) is 1. The normalized spacial score (nSPS) is 20.4. The van der Waals surface area contributed by atoms with Gasteiger partial charge in [0.25, 0.3) is 0 Å². The van der Waals surface area contributed by atoms with Crippen LogP contribution in [-0.4, -0.2) is 17.1 Å². The number of hydrogen-bond donors (Lipinski definition) is 3. The van der Waals surface area contributed by atoms with Crippen molar-refractivity contribution in [3.8, 4) is 0 Å². The minimum Gasteiger partial charge on any atom is -0.478 e. The minimum absolute atomic E-state index is 0.146. The summed E-state index contributed by atoms with van der Waals surface area (Å²) < 4.78 is 0. The Kier molecular flexibility index (Phi) is 2.58. The molecule has 0 atom stereocenters. The van der Waals surface area contributed by atoms with E-state index in [1.165, 1.54) is 0 Å². The lowest BCUT2D eigenvalue weighted by Gasteiger charge is -2.12. The van der Waals surface area contributed by atoms with Crippen LogP contribution in [0.5, 0.6) is 0 Å². The molecule has 4 heteroatoms. The zero-order valence-corrected chi connectivity index (χ0v) is 11.2. The van der Waals surface area contributed by atoms with Crippen molar-refractivity contribution in [1.29, 1.82) is 0 Å². The SMILES string of the molecule is CC1(C)C(Nc2cc(N)ccc2C(=O)O)C1(C)C. The van der Waals surface area contributed by atoms with Crippen molar-refractivity contribution in [1.82, 2.24) is 0 Å². The van der Waals surface area contributed by atoms with Gasteiger partial charge < -0.3 is 16.2 Å². The van der Waals surface area contributed by atoms with Gasteiger partial charge in [-0.15, -0.1) is 0 Å². The van der Waals surface area contributed by atoms with Gasteiger partial charge in [-0.1, -0.05) is 27.7 Å². The molecule has 18 heavy (non-hydrogen) atoms. The molecule has 0 radical (unpaired) electrons. The number of carbonyl (C=O) groups is 1. The summed E-state index contributed by atoms with van der Waals surface area (Å²) in [4.78, 5) is 11.2. The first-order valence-corrected chi connectivity index (χ1v) is 6.07. The monoisotopic (exact) mass is 248 g/mol. The molecule has 0 amide bonds. The molecule has 4 nitrogen and oxygen atoms in total. The van der Waals surface area contributed by atoms with Crippen molar-refractivity contribution in [2.24, 2.45) is 10.8 Å². The summed E-state index contributed by atoms with van der Waals surface area (Å²) in [6.07, 6.45) is 0. The number of carboxylic acids is 1. The van der Waals surface area contributed by atoms with Crippen LogP contribution in [0.1, 0.15) is 38.1 Å². The molecule has 0 saturated heterocycles. The second kappa shape index (κ2) is 3.64. The van der Waals surface area contributed by atoms with Gasteiger partial charge in [-0.25, -0.2) is 4.79 Å². The van der Waals surface area contributed by atoms with E-state index in [9.17, 15) is 4.79 Å². The topological polar surface area (TPSA) is 75.3 Å². The highest BCUT2D eigenvalue weighted by atomic mass is 16.4. The smallest absolute Gasteiger partial charge is 0.337 e. The van der Waals surface area contributed by atoms with Crippen LogP contribution < -0.4 is 11.1 Å². The summed E-state index contributed by atoms with van der Waals surface area (Å²) in [6.45, 7) is 8.71. The van der Waals surface area contributed by atoms with Gasteiger partial charge in [0.05, 0.1) is 11.3 Å². The molecule has 1 aliphatic rings. The van der Waals surface area contributed by atoms with Crippen LogP contribution >= 0.6 is 0 Å². The van der Waals surface area contributed by atoms with Crippen molar-refractivity contribution < 1.29 is 9.90 Å². The van der Waals surface area contributed by atoms with E-state index in [0.717, 1.165) is 0 Å². The van der Waals surface area contributed by atoms with Crippen molar-refractivity contribution in [2.45, 2.75) is 33.7 Å². The Bertz CT molecular complexity index is 493. The van der Waals surface area contributed by atoms with Crippen molar-refractivity contribution >= 4 is 17.3 Å². The van der Waals surface area contributed by atoms with Crippen LogP contribution in [0.3, 0.4) is 0 Å². The number of rotatable bonds is 3. The van der Waals surface area contributed by atoms with Crippen LogP contribution in [0, 0.1) is 10.8 Å². The van der Waals surface area contributed by atoms with E-state index < -0.39 is 5.97 Å². The fourth-order valence-electron chi connectivity index (χ4n) is 2.58. The highest BCUT2D eigenvalue weighted by Gasteiger charge is 2.65. The van der Waals surface area contributed by atoms with Crippen molar-refractivity contribution in [3.63, 3.8) is 0 Å². The van der Waals surface area contributed by atoms with Gasteiger partial charge in [-0.05, 0) is 29.0 Å². The first kappa shape index (κ1) is 12.7. The predicted molar refractivity (Wildman–Crippen MR) is 72.8 cm³/mol. The minimum atomic E-state index is -0.936. The van der Waals surface area contributed by atoms with E-state index in [1.54, 1.807) is 18.2 Å². The van der Waals surface area contributed by atoms with E-state index in [1.807, 2.05) is 0 Å². The average molecular weight is 248 g/mol. The molecule has 0 heterocycles. The number of nitrogen functional groups attached to an aromatic ring is 1. The third-order valence-corrected chi connectivity index (χ3v) is 4.59. The molecule has 1 aromatic carbocycles. The molecule has 0 unspecified atom stereocenters. The maximum absolute atomic E-state index is 11.2. The predicted octanol–water partition coefficient (Wildman–Crippen LogP) is 2.81. The molecule has 0 aliphatic heterocycles. The molecule has 0 bridgehead atoms. The standard InChI is InChI=1S/C14H20N2O2/c1-13(2)12(14(13,3)4)16-10-7-8(15)5-6-9(10)11(17)18/h5-7,12,16H,15H2,1-4H3,(H,17,18). The Hall–Kier alpha value is -1.71. The van der Waals surface area contributed by atoms with Gasteiger partial charge in [0.15, 0.2) is 0 Å². The molecule has 0 aromatic heterocycles. The lowest BCUT2D eigenvalue weighted by molar-refractivity contribution is 0.0698. The lowest BCUT2D eigenvalue weighted by atomic mass is 10.0. The Labute approximate surface area is 107 Å². The average Bonchev–Trinajstić information content (AvgIpc) is 2.60. The maximum Gasteiger partial charge on any atom is 0.337 e. The zero-order chi connectivity index (χ0) is 13.7. The molecule has 0 spiro atoms. The van der Waals surface area contributed by atoms with E-state index >= 15 is 0 Å². The molecule has 98 valence electrons. The highest BCUT2D eigenvalue weighted by molar-refractivity contribution is 5.95. The number of nitrogens with two attached hydrogens (primary N) is 1. The molecule has 1 aromatic rings. The summed E-state index contributed by atoms with van der Waals surface area (Å²) >= 11 is 0. The van der Waals surface area contributed by atoms with E-state index in [2.05, 4.69) is 33.0 Å². The number of nitrogens with one attached hydrogen (secondary N) is 1. The first-order chi connectivity index (χ1) is 8.18. The molecule has 1 saturated carbocycles. The molecule has 4 N–H and O–H groups in total. The molecule has 1 aliphatic carbocycles. The molecule has 2 rings (SSSR count). The van der Waals surface area contributed by atoms with Crippen molar-refractivity contribution in [3.05, 3.63) is 23.8 Å². The summed E-state index contributed by atoms with van der Waals surface area (Å²) in [5, 5.41) is 12.5. The van der Waals surface area contributed by atoms with Gasteiger partial charge in [0.1, 0.15) is 0 Å². The number of aromatic carboxylic acids is 1. The summed E-state index contributed by atoms with van der Waals surface area (Å²) in [5.74, 6) is -0.936. The summed E-state index contributed by atoms with van der Waals surface area (Å²) in [5.41, 5.74) is 7.46. The van der Waals surface area contributed by atoms with E-state index in [-0.39, 0.29) is 22.4 Å². The Morgan fingerprint density at radius 3 is 2.28 bits per heavy atom. The number of anilines is 2. The fraction of sp³-hybridized carbons (Fsp3) is 0.500. The summed E-state index contributed by atoms with van der Waals surface area (Å²) in [7, 11) is 0. The quantitative estimate of drug-likeness (QED) is 0.719. The highest BCUT2D eigenvalue weighted by Crippen LogP contribution is 2.63. The van der Waals surface area contributed by atoms with E-state index in [0.29, 0.717) is 11.4 Å². The van der Waals surface area contributed by atoms with Crippen LogP contribution in [0.4, 0.5) is 11.4 Å². The van der Waals surface area contributed by atoms with Crippen LogP contribution in [-0.2, 0) is 0 Å². The summed E-state index contributed by atoms with van der Waals surface area (Å²) in [6, 6.07) is 5.10. The maximum atomic E-state index is 11.2.